The summed E-state index contributed by atoms with van der Waals surface area (Å²) in [4.78, 5) is 20.3. The van der Waals surface area contributed by atoms with E-state index >= 15 is 0 Å². The lowest BCUT2D eigenvalue weighted by Crippen LogP contribution is -2.03. The number of carboxylic acids is 1. The van der Waals surface area contributed by atoms with Gasteiger partial charge in [-0.15, -0.1) is 11.3 Å². The van der Waals surface area contributed by atoms with Gasteiger partial charge in [-0.3, -0.25) is 0 Å². The van der Waals surface area contributed by atoms with Gasteiger partial charge in [-0.2, -0.15) is 0 Å². The molecule has 0 aliphatic heterocycles. The molecule has 0 bridgehead atoms. The maximum absolute atomic E-state index is 11.1. The van der Waals surface area contributed by atoms with Gasteiger partial charge >= 0.3 is 5.97 Å². The Morgan fingerprint density at radius 2 is 2.12 bits per heavy atom. The number of hydrogen-bond donors (Lipinski definition) is 1. The van der Waals surface area contributed by atoms with Crippen LogP contribution in [0.3, 0.4) is 0 Å². The van der Waals surface area contributed by atoms with Crippen LogP contribution in [0.5, 0.6) is 0 Å². The summed E-state index contributed by atoms with van der Waals surface area (Å²) in [7, 11) is 0. The van der Waals surface area contributed by atoms with E-state index in [9.17, 15) is 4.79 Å². The fourth-order valence-electron chi connectivity index (χ4n) is 3.26. The van der Waals surface area contributed by atoms with Gasteiger partial charge in [0.05, 0.1) is 10.2 Å². The minimum absolute atomic E-state index is 0.0482. The predicted octanol–water partition coefficient (Wildman–Crippen LogP) is 5.59. The number of allylic oxidation sites excluding steroid dienone is 2. The van der Waals surface area contributed by atoms with E-state index in [4.69, 9.17) is 21.7 Å². The number of halogens is 1. The smallest absolute Gasteiger partial charge is 0.354 e. The summed E-state index contributed by atoms with van der Waals surface area (Å²) in [5, 5.41) is 10.9. The van der Waals surface area contributed by atoms with Gasteiger partial charge in [0.25, 0.3) is 0 Å². The van der Waals surface area contributed by atoms with Gasteiger partial charge in [-0.05, 0) is 61.1 Å². The molecule has 1 aromatic carbocycles. The van der Waals surface area contributed by atoms with E-state index in [0.29, 0.717) is 17.1 Å². The maximum atomic E-state index is 11.1. The molecule has 1 aliphatic rings. The monoisotopic (exact) mass is 384 g/mol. The van der Waals surface area contributed by atoms with Crippen LogP contribution in [0.4, 0.5) is 0 Å². The zero-order chi connectivity index (χ0) is 18.1. The molecule has 6 heteroatoms. The van der Waals surface area contributed by atoms with E-state index in [2.05, 4.69) is 11.1 Å². The van der Waals surface area contributed by atoms with E-state index < -0.39 is 5.97 Å². The lowest BCUT2D eigenvalue weighted by atomic mass is 10.0. The Morgan fingerprint density at radius 1 is 1.23 bits per heavy atom. The van der Waals surface area contributed by atoms with Crippen molar-refractivity contribution in [3.05, 3.63) is 63.4 Å². The van der Waals surface area contributed by atoms with Crippen LogP contribution >= 0.6 is 22.9 Å². The largest absolute Gasteiger partial charge is 0.477 e. The van der Waals surface area contributed by atoms with Crippen molar-refractivity contribution in [1.29, 1.82) is 0 Å². The highest BCUT2D eigenvalue weighted by molar-refractivity contribution is 7.19. The van der Waals surface area contributed by atoms with Gasteiger partial charge in [0, 0.05) is 17.1 Å². The van der Waals surface area contributed by atoms with E-state index in [1.807, 2.05) is 18.2 Å². The fraction of sp³-hybridized carbons (Fsp3) is 0.250. The number of thiazole rings is 1. The fourth-order valence-corrected chi connectivity index (χ4v) is 4.68. The average Bonchev–Trinajstić information content (AvgIpc) is 3.07. The van der Waals surface area contributed by atoms with Crippen LogP contribution < -0.4 is 0 Å². The Morgan fingerprint density at radius 3 is 2.88 bits per heavy atom. The van der Waals surface area contributed by atoms with Crippen LogP contribution in [-0.4, -0.2) is 21.0 Å². The van der Waals surface area contributed by atoms with Crippen molar-refractivity contribution in [3.63, 3.8) is 0 Å². The van der Waals surface area contributed by atoms with Gasteiger partial charge in [0.15, 0.2) is 0 Å². The van der Waals surface area contributed by atoms with Gasteiger partial charge in [0.1, 0.15) is 10.7 Å². The van der Waals surface area contributed by atoms with Crippen LogP contribution in [0.2, 0.25) is 5.02 Å². The summed E-state index contributed by atoms with van der Waals surface area (Å²) in [6.45, 7) is 0. The third-order valence-corrected chi connectivity index (χ3v) is 5.80. The van der Waals surface area contributed by atoms with Crippen molar-refractivity contribution in [2.24, 2.45) is 0 Å². The Hall–Kier alpha value is -2.24. The van der Waals surface area contributed by atoms with E-state index in [1.165, 1.54) is 24.5 Å². The number of nitrogens with zero attached hydrogens (tertiary/aromatic N) is 2. The first kappa shape index (κ1) is 17.2. The lowest BCUT2D eigenvalue weighted by molar-refractivity contribution is 0.0690. The zero-order valence-corrected chi connectivity index (χ0v) is 15.6. The molecule has 4 rings (SSSR count). The highest BCUT2D eigenvalue weighted by Crippen LogP contribution is 2.35. The number of hydrogen-bond acceptors (Lipinski definition) is 4. The summed E-state index contributed by atoms with van der Waals surface area (Å²) in [5.74, 6) is -1.02. The second kappa shape index (κ2) is 7.17. The van der Waals surface area contributed by atoms with Crippen LogP contribution in [0.15, 0.2) is 36.4 Å². The standard InChI is InChI=1S/C20H17ClN2O2S/c21-14-9-13(10-15-7-4-8-16(22-15)20(24)25)18-17(11-14)26-19(23-18)12-5-2-1-3-6-12/h4-5,7-9,11H,1-3,6,10H2,(H,24,25). The molecule has 0 fully saturated rings. The molecular formula is C20H17ClN2O2S. The SMILES string of the molecule is O=C(O)c1cccc(Cc2cc(Cl)cc3sc(C4=CCCCC4)nc23)n1. The molecule has 0 amide bonds. The normalized spacial score (nSPS) is 14.4. The number of carbonyl (C=O) groups is 1. The molecule has 0 radical (unpaired) electrons. The van der Waals surface area contributed by atoms with E-state index in [0.717, 1.165) is 33.6 Å². The van der Waals surface area contributed by atoms with E-state index in [1.54, 1.807) is 17.4 Å². The van der Waals surface area contributed by atoms with Gasteiger partial charge in [0.2, 0.25) is 0 Å². The number of rotatable bonds is 4. The molecule has 1 N–H and O–H groups in total. The Balaban J connectivity index is 1.74. The van der Waals surface area contributed by atoms with Crippen molar-refractivity contribution in [2.75, 3.05) is 0 Å². The first-order valence-electron chi connectivity index (χ1n) is 8.58. The van der Waals surface area contributed by atoms with Crippen LogP contribution in [0.25, 0.3) is 15.8 Å². The van der Waals surface area contributed by atoms with E-state index in [-0.39, 0.29) is 5.69 Å². The Kier molecular flexibility index (Phi) is 4.74. The molecule has 132 valence electrons. The van der Waals surface area contributed by atoms with Gasteiger partial charge < -0.3 is 5.11 Å². The Bertz CT molecular complexity index is 1030. The third kappa shape index (κ3) is 3.50. The Labute approximate surface area is 160 Å². The van der Waals surface area contributed by atoms with Crippen LogP contribution in [0.1, 0.15) is 52.4 Å². The second-order valence-electron chi connectivity index (χ2n) is 6.40. The van der Waals surface area contributed by atoms with Crippen molar-refractivity contribution >= 4 is 44.7 Å². The summed E-state index contributed by atoms with van der Waals surface area (Å²) in [5.41, 5.74) is 3.97. The number of carboxylic acid groups (broad SMARTS) is 1. The van der Waals surface area contributed by atoms with Crippen molar-refractivity contribution in [2.45, 2.75) is 32.1 Å². The van der Waals surface area contributed by atoms with Crippen LogP contribution in [-0.2, 0) is 6.42 Å². The van der Waals surface area contributed by atoms with Crippen molar-refractivity contribution in [3.8, 4) is 0 Å². The van der Waals surface area contributed by atoms with Crippen LogP contribution in [0, 0.1) is 0 Å². The first-order valence-corrected chi connectivity index (χ1v) is 9.77. The molecule has 0 saturated heterocycles. The topological polar surface area (TPSA) is 63.1 Å². The number of fused-ring (bicyclic) bond motifs is 1. The molecule has 2 aromatic heterocycles. The maximum Gasteiger partial charge on any atom is 0.354 e. The minimum Gasteiger partial charge on any atom is -0.477 e. The number of aromatic nitrogens is 2. The van der Waals surface area contributed by atoms with Gasteiger partial charge in [-0.1, -0.05) is 23.7 Å². The molecular weight excluding hydrogens is 368 g/mol. The third-order valence-electron chi connectivity index (χ3n) is 4.50. The highest BCUT2D eigenvalue weighted by Gasteiger charge is 2.15. The van der Waals surface area contributed by atoms with Gasteiger partial charge in [-0.25, -0.2) is 14.8 Å². The molecule has 0 unspecified atom stereocenters. The quantitative estimate of drug-likeness (QED) is 0.636. The molecule has 26 heavy (non-hydrogen) atoms. The van der Waals surface area contributed by atoms with Crippen molar-refractivity contribution in [1.82, 2.24) is 9.97 Å². The number of aromatic carboxylic acids is 1. The molecule has 1 aliphatic carbocycles. The molecule has 4 nitrogen and oxygen atoms in total. The molecule has 0 spiro atoms. The molecule has 0 atom stereocenters. The second-order valence-corrected chi connectivity index (χ2v) is 7.87. The summed E-state index contributed by atoms with van der Waals surface area (Å²) in [6, 6.07) is 8.89. The molecule has 0 saturated carbocycles. The molecule has 2 heterocycles. The van der Waals surface area contributed by atoms with Crippen molar-refractivity contribution < 1.29 is 9.90 Å². The number of pyridine rings is 1. The highest BCUT2D eigenvalue weighted by atomic mass is 35.5. The summed E-state index contributed by atoms with van der Waals surface area (Å²) in [6.07, 6.45) is 7.44. The minimum atomic E-state index is -1.02. The predicted molar refractivity (Wildman–Crippen MR) is 105 cm³/mol. The lowest BCUT2D eigenvalue weighted by Gasteiger charge is -2.09. The average molecular weight is 385 g/mol. The summed E-state index contributed by atoms with van der Waals surface area (Å²) < 4.78 is 1.06. The number of benzene rings is 1. The zero-order valence-electron chi connectivity index (χ0n) is 14.0. The summed E-state index contributed by atoms with van der Waals surface area (Å²) >= 11 is 7.99. The molecule has 3 aromatic rings. The first-order chi connectivity index (χ1) is 12.6.